The van der Waals surface area contributed by atoms with Gasteiger partial charge in [-0.3, -0.25) is 9.69 Å². The Kier molecular flexibility index (Phi) is 9.29. The Labute approximate surface area is 182 Å². The molecule has 0 N–H and O–H groups in total. The van der Waals surface area contributed by atoms with Crippen molar-refractivity contribution in [1.29, 1.82) is 0 Å². The van der Waals surface area contributed by atoms with Crippen LogP contribution in [0.15, 0.2) is 12.1 Å². The van der Waals surface area contributed by atoms with Gasteiger partial charge in [0.25, 0.3) is 0 Å². The molecule has 0 unspecified atom stereocenters. The van der Waals surface area contributed by atoms with Crippen LogP contribution < -0.4 is 0 Å². The third-order valence-electron chi connectivity index (χ3n) is 6.35. The maximum atomic E-state index is 12.9. The molecule has 1 aliphatic heterocycles. The van der Waals surface area contributed by atoms with Crippen LogP contribution in [0, 0.1) is 20.8 Å². The lowest BCUT2D eigenvalue weighted by molar-refractivity contribution is -0.183. The Bertz CT molecular complexity index is 671. The van der Waals surface area contributed by atoms with Crippen molar-refractivity contribution < 1.29 is 19.1 Å². The molecule has 1 aliphatic carbocycles. The molecule has 2 fully saturated rings. The molecular formula is C24H40N2O4. The molecule has 2 aliphatic rings. The average Bonchev–Trinajstić information content (AvgIpc) is 3.55. The number of ether oxygens (including phenoxy) is 2. The fourth-order valence-electron chi connectivity index (χ4n) is 4.81. The number of hydrogen-bond donors (Lipinski definition) is 0. The van der Waals surface area contributed by atoms with Gasteiger partial charge < -0.3 is 14.3 Å². The van der Waals surface area contributed by atoms with E-state index in [1.54, 1.807) is 21.3 Å². The Hall–Kier alpha value is -1.47. The van der Waals surface area contributed by atoms with Crippen LogP contribution in [-0.2, 0) is 25.5 Å². The third kappa shape index (κ3) is 5.82. The molecule has 1 aromatic carbocycles. The predicted molar refractivity (Wildman–Crippen MR) is 120 cm³/mol. The van der Waals surface area contributed by atoms with E-state index in [1.165, 1.54) is 42.2 Å². The highest BCUT2D eigenvalue weighted by Crippen LogP contribution is 2.39. The Balaban J connectivity index is 0.00000101. The van der Waals surface area contributed by atoms with Crippen molar-refractivity contribution >= 4 is 5.97 Å². The van der Waals surface area contributed by atoms with Gasteiger partial charge in [0.15, 0.2) is 0 Å². The first-order valence-electron chi connectivity index (χ1n) is 10.9. The molecule has 0 aromatic heterocycles. The molecule has 0 atom stereocenters. The summed E-state index contributed by atoms with van der Waals surface area (Å²) in [7, 11) is 6.47. The molecule has 6 nitrogen and oxygen atoms in total. The summed E-state index contributed by atoms with van der Waals surface area (Å²) in [5, 5.41) is 1.94. The van der Waals surface area contributed by atoms with Crippen molar-refractivity contribution in [3.63, 3.8) is 0 Å². The molecular weight excluding hydrogens is 380 g/mol. The van der Waals surface area contributed by atoms with Gasteiger partial charge in [0, 0.05) is 39.9 Å². The van der Waals surface area contributed by atoms with E-state index in [-0.39, 0.29) is 5.97 Å². The Morgan fingerprint density at radius 3 is 2.03 bits per heavy atom. The summed E-state index contributed by atoms with van der Waals surface area (Å²) in [4.78, 5) is 20.8. The van der Waals surface area contributed by atoms with Gasteiger partial charge in [0.05, 0.1) is 14.2 Å². The molecule has 1 aromatic rings. The van der Waals surface area contributed by atoms with Crippen molar-refractivity contribution in [2.45, 2.75) is 64.5 Å². The van der Waals surface area contributed by atoms with E-state index in [4.69, 9.17) is 9.57 Å². The van der Waals surface area contributed by atoms with Crippen LogP contribution in [0.25, 0.3) is 0 Å². The highest BCUT2D eigenvalue weighted by molar-refractivity contribution is 5.81. The SMILES string of the molecule is COC.COC(=O)C1(N(CCc2c(C)cc(C)cc2C)C2CC2)CCN(OC)CC1. The van der Waals surface area contributed by atoms with Crippen LogP contribution in [0.4, 0.5) is 0 Å². The number of methoxy groups -OCH3 is 2. The topological polar surface area (TPSA) is 51.2 Å². The molecule has 0 radical (unpaired) electrons. The van der Waals surface area contributed by atoms with E-state index >= 15 is 0 Å². The first kappa shape index (κ1) is 24.8. The predicted octanol–water partition coefficient (Wildman–Crippen LogP) is 3.45. The molecule has 170 valence electrons. The minimum Gasteiger partial charge on any atom is -0.468 e. The Morgan fingerprint density at radius 2 is 1.60 bits per heavy atom. The first-order chi connectivity index (χ1) is 14.3. The van der Waals surface area contributed by atoms with Crippen LogP contribution in [0.2, 0.25) is 0 Å². The average molecular weight is 421 g/mol. The number of hydroxylamine groups is 2. The summed E-state index contributed by atoms with van der Waals surface area (Å²) in [6.45, 7) is 8.97. The lowest BCUT2D eigenvalue weighted by Crippen LogP contribution is -2.61. The van der Waals surface area contributed by atoms with Crippen LogP contribution >= 0.6 is 0 Å². The highest BCUT2D eigenvalue weighted by atomic mass is 16.7. The number of carbonyl (C=O) groups is 1. The van der Waals surface area contributed by atoms with Gasteiger partial charge in [-0.25, -0.2) is 0 Å². The van der Waals surface area contributed by atoms with Crippen LogP contribution in [0.3, 0.4) is 0 Å². The molecule has 0 amide bonds. The second-order valence-corrected chi connectivity index (χ2v) is 8.59. The molecule has 0 bridgehead atoms. The summed E-state index contributed by atoms with van der Waals surface area (Å²) >= 11 is 0. The number of nitrogens with zero attached hydrogens (tertiary/aromatic N) is 2. The summed E-state index contributed by atoms with van der Waals surface area (Å²) in [5.74, 6) is -0.0810. The largest absolute Gasteiger partial charge is 0.468 e. The minimum atomic E-state index is -0.516. The van der Waals surface area contributed by atoms with E-state index in [1.807, 2.05) is 5.06 Å². The lowest BCUT2D eigenvalue weighted by Gasteiger charge is -2.46. The quantitative estimate of drug-likeness (QED) is 0.630. The number of hydrogen-bond acceptors (Lipinski definition) is 6. The van der Waals surface area contributed by atoms with Crippen molar-refractivity contribution in [3.8, 4) is 0 Å². The lowest BCUT2D eigenvalue weighted by atomic mass is 9.85. The minimum absolute atomic E-state index is 0.0810. The normalized spacial score (nSPS) is 18.7. The van der Waals surface area contributed by atoms with E-state index in [9.17, 15) is 4.79 Å². The standard InChI is InChI=1S/C22H34N2O3.C2H6O/c1-16-14-17(2)20(18(3)15-16)8-11-24(19-6-7-19)22(21(25)26-4)9-12-23(27-5)13-10-22;1-3-2/h14-15,19H,6-13H2,1-5H3;1-2H3. The van der Waals surface area contributed by atoms with E-state index < -0.39 is 5.54 Å². The zero-order valence-corrected chi connectivity index (χ0v) is 19.9. The van der Waals surface area contributed by atoms with Gasteiger partial charge in [-0.15, -0.1) is 0 Å². The molecule has 6 heteroatoms. The van der Waals surface area contributed by atoms with Gasteiger partial charge >= 0.3 is 5.97 Å². The van der Waals surface area contributed by atoms with Crippen LogP contribution in [0.1, 0.15) is 47.9 Å². The second kappa shape index (κ2) is 11.2. The van der Waals surface area contributed by atoms with Crippen LogP contribution in [0.5, 0.6) is 0 Å². The summed E-state index contributed by atoms with van der Waals surface area (Å²) in [6, 6.07) is 5.03. The number of esters is 1. The maximum absolute atomic E-state index is 12.9. The summed E-state index contributed by atoms with van der Waals surface area (Å²) < 4.78 is 9.55. The highest BCUT2D eigenvalue weighted by Gasteiger charge is 2.51. The van der Waals surface area contributed by atoms with Gasteiger partial charge in [-0.1, -0.05) is 17.7 Å². The number of benzene rings is 1. The molecule has 1 saturated carbocycles. The van der Waals surface area contributed by atoms with Gasteiger partial charge in [-0.05, 0) is 69.6 Å². The molecule has 30 heavy (non-hydrogen) atoms. The second-order valence-electron chi connectivity index (χ2n) is 8.59. The van der Waals surface area contributed by atoms with E-state index in [0.717, 1.165) is 38.9 Å². The maximum Gasteiger partial charge on any atom is 0.326 e. The zero-order chi connectivity index (χ0) is 22.3. The Morgan fingerprint density at radius 1 is 1.07 bits per heavy atom. The molecule has 1 saturated heterocycles. The number of carbonyl (C=O) groups excluding carboxylic acids is 1. The number of piperidine rings is 1. The van der Waals surface area contributed by atoms with Crippen molar-refractivity contribution in [3.05, 3.63) is 34.4 Å². The van der Waals surface area contributed by atoms with Gasteiger partial charge in [-0.2, -0.15) is 5.06 Å². The smallest absolute Gasteiger partial charge is 0.326 e. The fraction of sp³-hybridized carbons (Fsp3) is 0.708. The van der Waals surface area contributed by atoms with Crippen molar-refractivity contribution in [2.75, 3.05) is 48.1 Å². The summed E-state index contributed by atoms with van der Waals surface area (Å²) in [5.41, 5.74) is 4.91. The fourth-order valence-corrected chi connectivity index (χ4v) is 4.81. The van der Waals surface area contributed by atoms with Gasteiger partial charge in [0.1, 0.15) is 5.54 Å². The number of rotatable bonds is 7. The summed E-state index contributed by atoms with van der Waals surface area (Å²) in [6.07, 6.45) is 4.85. The first-order valence-corrected chi connectivity index (χ1v) is 10.9. The van der Waals surface area contributed by atoms with Crippen molar-refractivity contribution in [2.24, 2.45) is 0 Å². The number of aryl methyl sites for hydroxylation is 3. The molecule has 1 heterocycles. The van der Waals surface area contributed by atoms with E-state index in [0.29, 0.717) is 6.04 Å². The zero-order valence-electron chi connectivity index (χ0n) is 19.9. The van der Waals surface area contributed by atoms with Crippen LogP contribution in [-0.4, -0.2) is 75.6 Å². The molecule has 3 rings (SSSR count). The third-order valence-corrected chi connectivity index (χ3v) is 6.35. The van der Waals surface area contributed by atoms with Gasteiger partial charge in [0.2, 0.25) is 0 Å². The molecule has 0 spiro atoms. The monoisotopic (exact) mass is 420 g/mol. The van der Waals surface area contributed by atoms with Crippen molar-refractivity contribution in [1.82, 2.24) is 9.96 Å². The van der Waals surface area contributed by atoms with E-state index in [2.05, 4.69) is 42.5 Å².